The molecule has 0 bridgehead atoms. The first-order valence-corrected chi connectivity index (χ1v) is 11.1. The number of aliphatic hydroxyl groups is 1. The van der Waals surface area contributed by atoms with E-state index in [4.69, 9.17) is 0 Å². The number of ketones is 1. The maximum absolute atomic E-state index is 13.3. The third kappa shape index (κ3) is 3.29. The Morgan fingerprint density at radius 2 is 1.78 bits per heavy atom. The average molecular weight is 441 g/mol. The maximum Gasteiger partial charge on any atom is 0.295 e. The van der Waals surface area contributed by atoms with E-state index >= 15 is 0 Å². The van der Waals surface area contributed by atoms with Crippen molar-refractivity contribution in [1.29, 1.82) is 0 Å². The highest BCUT2D eigenvalue weighted by Gasteiger charge is 2.47. The summed E-state index contributed by atoms with van der Waals surface area (Å²) >= 11 is 1.48. The smallest absolute Gasteiger partial charge is 0.295 e. The van der Waals surface area contributed by atoms with Gasteiger partial charge in [0, 0.05) is 29.4 Å². The normalized spacial score (nSPS) is 17.9. The van der Waals surface area contributed by atoms with E-state index in [9.17, 15) is 14.7 Å². The number of rotatable bonds is 4. The number of aromatic nitrogens is 1. The summed E-state index contributed by atoms with van der Waals surface area (Å²) in [6, 6.07) is 18.2. The van der Waals surface area contributed by atoms with Gasteiger partial charge in [-0.2, -0.15) is 0 Å². The van der Waals surface area contributed by atoms with Crippen LogP contribution in [-0.2, 0) is 16.1 Å². The molecule has 0 radical (unpaired) electrons. The van der Waals surface area contributed by atoms with Gasteiger partial charge in [-0.3, -0.25) is 14.6 Å². The van der Waals surface area contributed by atoms with Gasteiger partial charge in [-0.25, -0.2) is 0 Å². The average Bonchev–Trinajstić information content (AvgIpc) is 3.34. The first-order valence-electron chi connectivity index (χ1n) is 10.3. The minimum Gasteiger partial charge on any atom is -0.507 e. The number of hydrogen-bond donors (Lipinski definition) is 1. The van der Waals surface area contributed by atoms with Crippen molar-refractivity contribution in [2.75, 3.05) is 0 Å². The van der Waals surface area contributed by atoms with Crippen molar-refractivity contribution in [2.24, 2.45) is 0 Å². The Morgan fingerprint density at radius 3 is 2.53 bits per heavy atom. The Bertz CT molecular complexity index is 1370. The second-order valence-electron chi connectivity index (χ2n) is 7.78. The first kappa shape index (κ1) is 20.2. The lowest BCUT2D eigenvalue weighted by atomic mass is 9.95. The van der Waals surface area contributed by atoms with Gasteiger partial charge in [0.15, 0.2) is 0 Å². The monoisotopic (exact) mass is 440 g/mol. The topological polar surface area (TPSA) is 70.5 Å². The van der Waals surface area contributed by atoms with Crippen LogP contribution in [0.25, 0.3) is 16.5 Å². The van der Waals surface area contributed by atoms with Crippen LogP contribution in [0, 0.1) is 6.92 Å². The zero-order chi connectivity index (χ0) is 22.2. The minimum atomic E-state index is -0.665. The Hall–Kier alpha value is -3.77. The maximum atomic E-state index is 13.3. The van der Waals surface area contributed by atoms with Gasteiger partial charge < -0.3 is 10.0 Å². The highest BCUT2D eigenvalue weighted by molar-refractivity contribution is 7.10. The molecular formula is C26H20N2O3S. The van der Waals surface area contributed by atoms with Crippen molar-refractivity contribution < 1.29 is 14.7 Å². The number of Topliss-reactive ketones (excluding diaryl/α,β-unsaturated/α-hetero) is 1. The third-order valence-electron chi connectivity index (χ3n) is 5.84. The highest BCUT2D eigenvalue weighted by atomic mass is 32.1. The molecule has 4 aromatic rings. The Balaban J connectivity index is 1.71. The number of fused-ring (bicyclic) bond motifs is 1. The number of aryl methyl sites for hydroxylation is 1. The number of benzene rings is 2. The van der Waals surface area contributed by atoms with Gasteiger partial charge in [-0.15, -0.1) is 11.3 Å². The number of carbonyl (C=O) groups excluding carboxylic acids is 2. The lowest BCUT2D eigenvalue weighted by Gasteiger charge is -2.25. The fraction of sp³-hybridized carbons (Fsp3) is 0.115. The van der Waals surface area contributed by atoms with Crippen LogP contribution in [0.5, 0.6) is 0 Å². The number of carbonyl (C=O) groups is 2. The van der Waals surface area contributed by atoms with Gasteiger partial charge in [-0.05, 0) is 52.4 Å². The summed E-state index contributed by atoms with van der Waals surface area (Å²) in [6.45, 7) is 2.21. The molecule has 0 spiro atoms. The van der Waals surface area contributed by atoms with E-state index in [1.54, 1.807) is 23.4 Å². The Kier molecular flexibility index (Phi) is 5.07. The van der Waals surface area contributed by atoms with Gasteiger partial charge in [0.05, 0.1) is 5.57 Å². The molecule has 1 atom stereocenters. The number of nitrogens with zero attached hydrogens (tertiary/aromatic N) is 2. The van der Waals surface area contributed by atoms with Crippen LogP contribution in [0.1, 0.15) is 27.6 Å². The SMILES string of the molecule is Cc1ccsc1C1/C(=C(\O)c2cccc3ccccc23)C(=O)C(=O)N1Cc1ccncc1. The van der Waals surface area contributed by atoms with E-state index in [0.29, 0.717) is 5.56 Å². The molecule has 2 aromatic heterocycles. The van der Waals surface area contributed by atoms with E-state index < -0.39 is 17.7 Å². The van der Waals surface area contributed by atoms with Crippen molar-refractivity contribution in [1.82, 2.24) is 9.88 Å². The number of pyridine rings is 1. The van der Waals surface area contributed by atoms with Crippen molar-refractivity contribution in [3.8, 4) is 0 Å². The molecule has 32 heavy (non-hydrogen) atoms. The fourth-order valence-corrected chi connectivity index (χ4v) is 5.29. The molecule has 0 saturated carbocycles. The molecule has 6 heteroatoms. The predicted octanol–water partition coefficient (Wildman–Crippen LogP) is 5.23. The molecule has 1 N–H and O–H groups in total. The predicted molar refractivity (Wildman–Crippen MR) is 125 cm³/mol. The number of thiophene rings is 1. The quantitative estimate of drug-likeness (QED) is 0.268. The molecule has 1 aliphatic rings. The van der Waals surface area contributed by atoms with Crippen molar-refractivity contribution in [3.05, 3.63) is 106 Å². The van der Waals surface area contributed by atoms with Crippen LogP contribution in [0.3, 0.4) is 0 Å². The third-order valence-corrected chi connectivity index (χ3v) is 6.91. The summed E-state index contributed by atoms with van der Waals surface area (Å²) in [7, 11) is 0. The molecule has 1 aliphatic heterocycles. The van der Waals surface area contributed by atoms with Crippen LogP contribution < -0.4 is 0 Å². The summed E-state index contributed by atoms with van der Waals surface area (Å²) in [5.41, 5.74) is 2.52. The lowest BCUT2D eigenvalue weighted by Crippen LogP contribution is -2.29. The molecule has 2 aromatic carbocycles. The largest absolute Gasteiger partial charge is 0.507 e. The molecule has 1 amide bonds. The summed E-state index contributed by atoms with van der Waals surface area (Å²) < 4.78 is 0. The molecule has 5 nitrogen and oxygen atoms in total. The lowest BCUT2D eigenvalue weighted by molar-refractivity contribution is -0.140. The molecule has 158 valence electrons. The van der Waals surface area contributed by atoms with Gasteiger partial charge in [-0.1, -0.05) is 42.5 Å². The molecular weight excluding hydrogens is 420 g/mol. The summed E-state index contributed by atoms with van der Waals surface area (Å²) in [5, 5.41) is 15.1. The summed E-state index contributed by atoms with van der Waals surface area (Å²) in [4.78, 5) is 32.9. The zero-order valence-electron chi connectivity index (χ0n) is 17.4. The Labute approximate surface area is 189 Å². The van der Waals surface area contributed by atoms with Crippen molar-refractivity contribution in [3.63, 3.8) is 0 Å². The molecule has 5 rings (SSSR count). The number of aliphatic hydroxyl groups excluding tert-OH is 1. The van der Waals surface area contributed by atoms with Crippen LogP contribution in [0.2, 0.25) is 0 Å². The van der Waals surface area contributed by atoms with Crippen molar-refractivity contribution >= 4 is 39.6 Å². The van der Waals surface area contributed by atoms with Gasteiger partial charge in [0.1, 0.15) is 11.8 Å². The van der Waals surface area contributed by atoms with Crippen LogP contribution >= 0.6 is 11.3 Å². The van der Waals surface area contributed by atoms with Crippen molar-refractivity contribution in [2.45, 2.75) is 19.5 Å². The standard InChI is InChI=1S/C26H20N2O3S/c1-16-11-14-32-25(16)22-21(23(29)20-8-4-6-18-5-2-3-7-19(18)20)24(30)26(31)28(22)15-17-9-12-27-13-10-17/h2-14,22,29H,15H2,1H3/b23-21+. The molecule has 3 heterocycles. The zero-order valence-corrected chi connectivity index (χ0v) is 18.2. The van der Waals surface area contributed by atoms with Gasteiger partial charge in [0.25, 0.3) is 11.7 Å². The van der Waals surface area contributed by atoms with E-state index in [1.165, 1.54) is 11.3 Å². The minimum absolute atomic E-state index is 0.131. The summed E-state index contributed by atoms with van der Waals surface area (Å²) in [6.07, 6.45) is 3.32. The second-order valence-corrected chi connectivity index (χ2v) is 8.72. The van der Waals surface area contributed by atoms with E-state index in [1.807, 2.05) is 66.9 Å². The number of likely N-dealkylation sites (tertiary alicyclic amines) is 1. The van der Waals surface area contributed by atoms with Crippen LogP contribution in [-0.4, -0.2) is 26.7 Å². The second kappa shape index (κ2) is 8.05. The molecule has 1 unspecified atom stereocenters. The van der Waals surface area contributed by atoms with Gasteiger partial charge in [0.2, 0.25) is 0 Å². The first-order chi connectivity index (χ1) is 15.6. The van der Waals surface area contributed by atoms with E-state index in [-0.39, 0.29) is 17.9 Å². The van der Waals surface area contributed by atoms with E-state index in [2.05, 4.69) is 4.98 Å². The number of amides is 1. The van der Waals surface area contributed by atoms with Crippen LogP contribution in [0.4, 0.5) is 0 Å². The van der Waals surface area contributed by atoms with Gasteiger partial charge >= 0.3 is 0 Å². The van der Waals surface area contributed by atoms with E-state index in [0.717, 1.165) is 26.8 Å². The molecule has 1 saturated heterocycles. The highest BCUT2D eigenvalue weighted by Crippen LogP contribution is 2.43. The van der Waals surface area contributed by atoms with Crippen LogP contribution in [0.15, 0.2) is 84.0 Å². The molecule has 1 fully saturated rings. The summed E-state index contributed by atoms with van der Waals surface area (Å²) in [5.74, 6) is -1.42. The fourth-order valence-electron chi connectivity index (χ4n) is 4.24. The number of hydrogen-bond acceptors (Lipinski definition) is 5. The Morgan fingerprint density at radius 1 is 1.03 bits per heavy atom. The molecule has 0 aliphatic carbocycles.